The van der Waals surface area contributed by atoms with E-state index >= 15 is 0 Å². The molecule has 0 radical (unpaired) electrons. The predicted molar refractivity (Wildman–Crippen MR) is 84.9 cm³/mol. The lowest BCUT2D eigenvalue weighted by atomic mass is 10.2. The zero-order valence-corrected chi connectivity index (χ0v) is 12.7. The van der Waals surface area contributed by atoms with Gasteiger partial charge in [-0.25, -0.2) is 9.37 Å². The molecular formula is C15H10BrFN2S. The fourth-order valence-electron chi connectivity index (χ4n) is 1.74. The smallest absolute Gasteiger partial charge is 0.187 e. The van der Waals surface area contributed by atoms with Crippen molar-refractivity contribution < 1.29 is 4.39 Å². The first-order valence-electron chi connectivity index (χ1n) is 5.95. The summed E-state index contributed by atoms with van der Waals surface area (Å²) in [6.45, 7) is 0. The fraction of sp³-hybridized carbons (Fsp3) is 0. The average molecular weight is 349 g/mol. The summed E-state index contributed by atoms with van der Waals surface area (Å²) >= 11 is 4.92. The first-order valence-corrected chi connectivity index (χ1v) is 7.62. The van der Waals surface area contributed by atoms with Crippen molar-refractivity contribution in [3.05, 3.63) is 64.2 Å². The van der Waals surface area contributed by atoms with Crippen molar-refractivity contribution in [1.82, 2.24) is 4.98 Å². The van der Waals surface area contributed by atoms with Crippen LogP contribution in [-0.4, -0.2) is 4.98 Å². The second-order valence-corrected chi connectivity index (χ2v) is 5.95. The maximum atomic E-state index is 12.9. The van der Waals surface area contributed by atoms with E-state index in [2.05, 4.69) is 26.2 Å². The van der Waals surface area contributed by atoms with Gasteiger partial charge < -0.3 is 5.32 Å². The Kier molecular flexibility index (Phi) is 3.80. The first kappa shape index (κ1) is 13.3. The largest absolute Gasteiger partial charge is 0.332 e. The summed E-state index contributed by atoms with van der Waals surface area (Å²) in [6.07, 6.45) is 0. The van der Waals surface area contributed by atoms with Gasteiger partial charge in [0.2, 0.25) is 0 Å². The van der Waals surface area contributed by atoms with Crippen LogP contribution < -0.4 is 5.32 Å². The van der Waals surface area contributed by atoms with Gasteiger partial charge in [-0.3, -0.25) is 0 Å². The Labute approximate surface area is 128 Å². The number of anilines is 2. The number of nitrogens with one attached hydrogen (secondary N) is 1. The summed E-state index contributed by atoms with van der Waals surface area (Å²) in [7, 11) is 0. The molecule has 0 saturated heterocycles. The summed E-state index contributed by atoms with van der Waals surface area (Å²) in [5.74, 6) is -0.239. The minimum absolute atomic E-state index is 0.239. The summed E-state index contributed by atoms with van der Waals surface area (Å²) in [4.78, 5) is 4.50. The van der Waals surface area contributed by atoms with Crippen LogP contribution >= 0.6 is 27.3 Å². The van der Waals surface area contributed by atoms with E-state index in [1.807, 2.05) is 29.6 Å². The number of hydrogen-bond donors (Lipinski definition) is 1. The highest BCUT2D eigenvalue weighted by atomic mass is 79.9. The molecule has 5 heteroatoms. The van der Waals surface area contributed by atoms with E-state index < -0.39 is 0 Å². The molecule has 20 heavy (non-hydrogen) atoms. The van der Waals surface area contributed by atoms with Gasteiger partial charge in [0.15, 0.2) is 5.13 Å². The van der Waals surface area contributed by atoms with Gasteiger partial charge in [-0.2, -0.15) is 0 Å². The molecule has 0 aliphatic rings. The quantitative estimate of drug-likeness (QED) is 0.680. The summed E-state index contributed by atoms with van der Waals surface area (Å²) in [5.41, 5.74) is 2.73. The normalized spacial score (nSPS) is 10.5. The lowest BCUT2D eigenvalue weighted by Gasteiger charge is -2.02. The third kappa shape index (κ3) is 3.05. The molecule has 0 fully saturated rings. The van der Waals surface area contributed by atoms with Gasteiger partial charge in [-0.15, -0.1) is 11.3 Å². The lowest BCUT2D eigenvalue weighted by molar-refractivity contribution is 0.628. The third-order valence-corrected chi connectivity index (χ3v) is 4.03. The summed E-state index contributed by atoms with van der Waals surface area (Å²) in [6, 6.07) is 14.2. The number of halogens is 2. The van der Waals surface area contributed by atoms with E-state index in [-0.39, 0.29) is 5.82 Å². The Morgan fingerprint density at radius 1 is 1.00 bits per heavy atom. The van der Waals surface area contributed by atoms with Crippen LogP contribution in [0.5, 0.6) is 0 Å². The molecule has 0 atom stereocenters. The minimum atomic E-state index is -0.239. The van der Waals surface area contributed by atoms with Crippen LogP contribution in [0.15, 0.2) is 58.4 Å². The molecule has 1 aromatic heterocycles. The molecule has 3 aromatic rings. The van der Waals surface area contributed by atoms with E-state index in [1.165, 1.54) is 23.5 Å². The molecule has 0 spiro atoms. The van der Waals surface area contributed by atoms with Gasteiger partial charge >= 0.3 is 0 Å². The van der Waals surface area contributed by atoms with Crippen molar-refractivity contribution in [2.45, 2.75) is 0 Å². The molecule has 1 heterocycles. The standard InChI is InChI=1S/C15H10BrFN2S/c16-11-3-7-13(8-4-11)18-15-19-14(9-20-15)10-1-5-12(17)6-2-10/h1-9H,(H,18,19). The zero-order chi connectivity index (χ0) is 13.9. The summed E-state index contributed by atoms with van der Waals surface area (Å²) in [5, 5.41) is 6.01. The predicted octanol–water partition coefficient (Wildman–Crippen LogP) is 5.46. The Morgan fingerprint density at radius 2 is 1.70 bits per heavy atom. The zero-order valence-electron chi connectivity index (χ0n) is 10.3. The van der Waals surface area contributed by atoms with E-state index in [1.54, 1.807) is 12.1 Å². The van der Waals surface area contributed by atoms with E-state index in [4.69, 9.17) is 0 Å². The topological polar surface area (TPSA) is 24.9 Å². The van der Waals surface area contributed by atoms with Crippen molar-refractivity contribution in [3.63, 3.8) is 0 Å². The maximum absolute atomic E-state index is 12.9. The van der Waals surface area contributed by atoms with Crippen molar-refractivity contribution in [1.29, 1.82) is 0 Å². The molecule has 1 N–H and O–H groups in total. The monoisotopic (exact) mass is 348 g/mol. The van der Waals surface area contributed by atoms with Crippen molar-refractivity contribution in [2.24, 2.45) is 0 Å². The van der Waals surface area contributed by atoms with Crippen molar-refractivity contribution in [3.8, 4) is 11.3 Å². The Hall–Kier alpha value is -1.72. The molecule has 0 unspecified atom stereocenters. The molecule has 3 rings (SSSR count). The van der Waals surface area contributed by atoms with Gasteiger partial charge in [-0.1, -0.05) is 15.9 Å². The van der Waals surface area contributed by atoms with Crippen LogP contribution in [0.3, 0.4) is 0 Å². The highest BCUT2D eigenvalue weighted by Crippen LogP contribution is 2.27. The van der Waals surface area contributed by atoms with Gasteiger partial charge in [-0.05, 0) is 48.5 Å². The number of thiazole rings is 1. The number of benzene rings is 2. The molecule has 0 amide bonds. The van der Waals surface area contributed by atoms with Gasteiger partial charge in [0.25, 0.3) is 0 Å². The van der Waals surface area contributed by atoms with Crippen LogP contribution in [0, 0.1) is 5.82 Å². The van der Waals surface area contributed by atoms with Gasteiger partial charge in [0.05, 0.1) is 5.69 Å². The maximum Gasteiger partial charge on any atom is 0.187 e. The fourth-order valence-corrected chi connectivity index (χ4v) is 2.75. The molecule has 0 aliphatic heterocycles. The highest BCUT2D eigenvalue weighted by molar-refractivity contribution is 9.10. The van der Waals surface area contributed by atoms with Gasteiger partial charge in [0, 0.05) is 21.1 Å². The van der Waals surface area contributed by atoms with Gasteiger partial charge in [0.1, 0.15) is 5.82 Å². The number of nitrogens with zero attached hydrogens (tertiary/aromatic N) is 1. The molecule has 2 aromatic carbocycles. The second kappa shape index (κ2) is 5.73. The van der Waals surface area contributed by atoms with Crippen molar-refractivity contribution >= 4 is 38.1 Å². The van der Waals surface area contributed by atoms with Crippen molar-refractivity contribution in [2.75, 3.05) is 5.32 Å². The van der Waals surface area contributed by atoms with E-state index in [9.17, 15) is 4.39 Å². The average Bonchev–Trinajstić information content (AvgIpc) is 2.91. The highest BCUT2D eigenvalue weighted by Gasteiger charge is 2.05. The number of aromatic nitrogens is 1. The molecule has 0 saturated carbocycles. The Morgan fingerprint density at radius 3 is 2.40 bits per heavy atom. The van der Waals surface area contributed by atoms with Crippen LogP contribution in [-0.2, 0) is 0 Å². The molecule has 0 bridgehead atoms. The molecule has 100 valence electrons. The number of hydrogen-bond acceptors (Lipinski definition) is 3. The SMILES string of the molecule is Fc1ccc(-c2csc(Nc3ccc(Br)cc3)n2)cc1. The summed E-state index contributed by atoms with van der Waals surface area (Å²) < 4.78 is 13.9. The van der Waals surface area contributed by atoms with E-state index in [0.717, 1.165) is 26.5 Å². The first-order chi connectivity index (χ1) is 9.70. The lowest BCUT2D eigenvalue weighted by Crippen LogP contribution is -1.89. The second-order valence-electron chi connectivity index (χ2n) is 4.18. The van der Waals surface area contributed by atoms with E-state index in [0.29, 0.717) is 0 Å². The van der Waals surface area contributed by atoms with Crippen LogP contribution in [0.1, 0.15) is 0 Å². The van der Waals surface area contributed by atoms with Crippen LogP contribution in [0.2, 0.25) is 0 Å². The van der Waals surface area contributed by atoms with Crippen LogP contribution in [0.25, 0.3) is 11.3 Å². The van der Waals surface area contributed by atoms with Crippen LogP contribution in [0.4, 0.5) is 15.2 Å². The minimum Gasteiger partial charge on any atom is -0.332 e. The Balaban J connectivity index is 1.80. The molecule has 0 aliphatic carbocycles. The third-order valence-electron chi connectivity index (χ3n) is 2.74. The Bertz CT molecular complexity index is 707. The molecule has 2 nitrogen and oxygen atoms in total. The number of rotatable bonds is 3. The molecular weight excluding hydrogens is 339 g/mol.